The molecule has 0 atom stereocenters. The Morgan fingerprint density at radius 2 is 1.75 bits per heavy atom. The van der Waals surface area contributed by atoms with E-state index in [1.807, 2.05) is 0 Å². The SMILES string of the molecule is COC(=O)c1ccc(NC(=O)CCSc2ccc(C)c(C)c2)cc1. The molecule has 24 heavy (non-hydrogen) atoms. The predicted octanol–water partition coefficient (Wildman–Crippen LogP) is 4.21. The zero-order valence-corrected chi connectivity index (χ0v) is 14.9. The fraction of sp³-hybridized carbons (Fsp3) is 0.263. The van der Waals surface area contributed by atoms with E-state index in [9.17, 15) is 9.59 Å². The third kappa shape index (κ3) is 5.13. The largest absolute Gasteiger partial charge is 0.465 e. The van der Waals surface area contributed by atoms with Crippen LogP contribution in [-0.4, -0.2) is 24.7 Å². The molecule has 2 rings (SSSR count). The summed E-state index contributed by atoms with van der Waals surface area (Å²) in [5, 5.41) is 2.83. The van der Waals surface area contributed by atoms with Crippen molar-refractivity contribution in [3.8, 4) is 0 Å². The Kier molecular flexibility index (Phi) is 6.44. The lowest BCUT2D eigenvalue weighted by atomic mass is 10.1. The topological polar surface area (TPSA) is 55.4 Å². The molecular formula is C19H21NO3S. The van der Waals surface area contributed by atoms with Crippen LogP contribution in [0.5, 0.6) is 0 Å². The summed E-state index contributed by atoms with van der Waals surface area (Å²) in [5.74, 6) is 0.281. The van der Waals surface area contributed by atoms with Crippen molar-refractivity contribution in [2.45, 2.75) is 25.2 Å². The maximum Gasteiger partial charge on any atom is 0.337 e. The first kappa shape index (κ1) is 18.1. The van der Waals surface area contributed by atoms with Gasteiger partial charge in [-0.1, -0.05) is 6.07 Å². The van der Waals surface area contributed by atoms with Gasteiger partial charge in [-0.3, -0.25) is 4.79 Å². The van der Waals surface area contributed by atoms with E-state index >= 15 is 0 Å². The lowest BCUT2D eigenvalue weighted by molar-refractivity contribution is -0.115. The highest BCUT2D eigenvalue weighted by molar-refractivity contribution is 7.99. The first-order valence-electron chi connectivity index (χ1n) is 7.68. The fourth-order valence-electron chi connectivity index (χ4n) is 2.10. The molecule has 0 aromatic heterocycles. The number of nitrogens with one attached hydrogen (secondary N) is 1. The summed E-state index contributed by atoms with van der Waals surface area (Å²) in [6.45, 7) is 4.17. The minimum absolute atomic E-state index is 0.0443. The second-order valence-corrected chi connectivity index (χ2v) is 6.63. The van der Waals surface area contributed by atoms with E-state index in [0.29, 0.717) is 23.4 Å². The van der Waals surface area contributed by atoms with E-state index in [-0.39, 0.29) is 5.91 Å². The molecule has 1 N–H and O–H groups in total. The summed E-state index contributed by atoms with van der Waals surface area (Å²) in [4.78, 5) is 24.5. The van der Waals surface area contributed by atoms with Crippen molar-refractivity contribution in [1.82, 2.24) is 0 Å². The number of amides is 1. The van der Waals surface area contributed by atoms with Crippen LogP contribution in [0.3, 0.4) is 0 Å². The van der Waals surface area contributed by atoms with E-state index in [0.717, 1.165) is 0 Å². The van der Waals surface area contributed by atoms with Crippen LogP contribution >= 0.6 is 11.8 Å². The van der Waals surface area contributed by atoms with Gasteiger partial charge in [-0.05, 0) is 61.4 Å². The Morgan fingerprint density at radius 3 is 2.38 bits per heavy atom. The number of hydrogen-bond acceptors (Lipinski definition) is 4. The molecule has 4 nitrogen and oxygen atoms in total. The molecule has 0 fully saturated rings. The van der Waals surface area contributed by atoms with E-state index in [2.05, 4.69) is 42.1 Å². The lowest BCUT2D eigenvalue weighted by Crippen LogP contribution is -2.12. The molecular weight excluding hydrogens is 322 g/mol. The van der Waals surface area contributed by atoms with Crippen LogP contribution < -0.4 is 5.32 Å². The van der Waals surface area contributed by atoms with Crippen LogP contribution in [0.4, 0.5) is 5.69 Å². The number of thioether (sulfide) groups is 1. The third-order valence-electron chi connectivity index (χ3n) is 3.67. The predicted molar refractivity (Wildman–Crippen MR) is 97.7 cm³/mol. The molecule has 0 radical (unpaired) electrons. The van der Waals surface area contributed by atoms with Crippen LogP contribution in [0.1, 0.15) is 27.9 Å². The number of anilines is 1. The molecule has 5 heteroatoms. The van der Waals surface area contributed by atoms with Crippen molar-refractivity contribution in [3.63, 3.8) is 0 Å². The van der Waals surface area contributed by atoms with Crippen molar-refractivity contribution in [3.05, 3.63) is 59.2 Å². The zero-order valence-electron chi connectivity index (χ0n) is 14.1. The van der Waals surface area contributed by atoms with Crippen molar-refractivity contribution >= 4 is 29.3 Å². The average Bonchev–Trinajstić information content (AvgIpc) is 2.58. The number of benzene rings is 2. The van der Waals surface area contributed by atoms with Crippen LogP contribution in [0.25, 0.3) is 0 Å². The summed E-state index contributed by atoms with van der Waals surface area (Å²) in [7, 11) is 1.34. The minimum Gasteiger partial charge on any atom is -0.465 e. The van der Waals surface area contributed by atoms with Gasteiger partial charge in [-0.15, -0.1) is 11.8 Å². The molecule has 0 aliphatic heterocycles. The smallest absolute Gasteiger partial charge is 0.337 e. The number of esters is 1. The zero-order chi connectivity index (χ0) is 17.5. The summed E-state index contributed by atoms with van der Waals surface area (Å²) < 4.78 is 4.64. The van der Waals surface area contributed by atoms with Crippen molar-refractivity contribution in [2.75, 3.05) is 18.2 Å². The van der Waals surface area contributed by atoms with Crippen LogP contribution in [-0.2, 0) is 9.53 Å². The van der Waals surface area contributed by atoms with Crippen LogP contribution in [0.15, 0.2) is 47.4 Å². The molecule has 0 bridgehead atoms. The van der Waals surface area contributed by atoms with E-state index < -0.39 is 5.97 Å². The van der Waals surface area contributed by atoms with E-state index in [1.165, 1.54) is 23.1 Å². The average molecular weight is 343 g/mol. The molecule has 0 spiro atoms. The number of rotatable bonds is 6. The van der Waals surface area contributed by atoms with Gasteiger partial charge >= 0.3 is 5.97 Å². The molecule has 0 aliphatic rings. The third-order valence-corrected chi connectivity index (χ3v) is 4.66. The van der Waals surface area contributed by atoms with Crippen molar-refractivity contribution in [2.24, 2.45) is 0 Å². The highest BCUT2D eigenvalue weighted by Gasteiger charge is 2.07. The maximum absolute atomic E-state index is 12.0. The highest BCUT2D eigenvalue weighted by Crippen LogP contribution is 2.22. The van der Waals surface area contributed by atoms with Gasteiger partial charge in [0.1, 0.15) is 0 Å². The Balaban J connectivity index is 1.80. The second kappa shape index (κ2) is 8.55. The summed E-state index contributed by atoms with van der Waals surface area (Å²) in [5.41, 5.74) is 3.66. The number of hydrogen-bond donors (Lipinski definition) is 1. The van der Waals surface area contributed by atoms with Gasteiger partial charge in [0.2, 0.25) is 5.91 Å². The van der Waals surface area contributed by atoms with Crippen LogP contribution in [0, 0.1) is 13.8 Å². The monoisotopic (exact) mass is 343 g/mol. The molecule has 1 amide bonds. The Labute approximate surface area is 146 Å². The van der Waals surface area contributed by atoms with E-state index in [1.54, 1.807) is 36.0 Å². The standard InChI is InChI=1S/C19H21NO3S/c1-13-4-9-17(12-14(13)2)24-11-10-18(21)20-16-7-5-15(6-8-16)19(22)23-3/h4-9,12H,10-11H2,1-3H3,(H,20,21). The summed E-state index contributed by atoms with van der Waals surface area (Å²) >= 11 is 1.67. The molecule has 2 aromatic rings. The summed E-state index contributed by atoms with van der Waals surface area (Å²) in [6, 6.07) is 13.0. The number of carbonyl (C=O) groups is 2. The molecule has 0 saturated carbocycles. The van der Waals surface area contributed by atoms with Crippen molar-refractivity contribution in [1.29, 1.82) is 0 Å². The normalized spacial score (nSPS) is 10.3. The van der Waals surface area contributed by atoms with Gasteiger partial charge in [-0.2, -0.15) is 0 Å². The van der Waals surface area contributed by atoms with Gasteiger partial charge < -0.3 is 10.1 Å². The molecule has 0 saturated heterocycles. The second-order valence-electron chi connectivity index (χ2n) is 5.46. The quantitative estimate of drug-likeness (QED) is 0.630. The Hall–Kier alpha value is -2.27. The molecule has 2 aromatic carbocycles. The molecule has 0 aliphatic carbocycles. The Morgan fingerprint density at radius 1 is 1.04 bits per heavy atom. The van der Waals surface area contributed by atoms with Gasteiger partial charge in [0.15, 0.2) is 0 Å². The number of aryl methyl sites for hydroxylation is 2. The first-order chi connectivity index (χ1) is 11.5. The van der Waals surface area contributed by atoms with E-state index in [4.69, 9.17) is 0 Å². The number of ether oxygens (including phenoxy) is 1. The molecule has 0 heterocycles. The first-order valence-corrected chi connectivity index (χ1v) is 8.66. The lowest BCUT2D eigenvalue weighted by Gasteiger charge is -2.07. The number of methoxy groups -OCH3 is 1. The molecule has 0 unspecified atom stereocenters. The van der Waals surface area contributed by atoms with Crippen molar-refractivity contribution < 1.29 is 14.3 Å². The van der Waals surface area contributed by atoms with Crippen LogP contribution in [0.2, 0.25) is 0 Å². The van der Waals surface area contributed by atoms with Gasteiger partial charge in [0.25, 0.3) is 0 Å². The van der Waals surface area contributed by atoms with Gasteiger partial charge in [0, 0.05) is 22.8 Å². The minimum atomic E-state index is -0.391. The van der Waals surface area contributed by atoms with Gasteiger partial charge in [0.05, 0.1) is 12.7 Å². The van der Waals surface area contributed by atoms with Gasteiger partial charge in [-0.25, -0.2) is 4.79 Å². The highest BCUT2D eigenvalue weighted by atomic mass is 32.2. The maximum atomic E-state index is 12.0. The summed E-state index contributed by atoms with van der Waals surface area (Å²) in [6.07, 6.45) is 0.427. The number of carbonyl (C=O) groups excluding carboxylic acids is 2. The Bertz CT molecular complexity index is 726. The fourth-order valence-corrected chi connectivity index (χ4v) is 3.04. The molecule has 126 valence electrons.